The van der Waals surface area contributed by atoms with Crippen molar-refractivity contribution in [1.82, 2.24) is 9.80 Å². The highest BCUT2D eigenvalue weighted by Gasteiger charge is 2.36. The van der Waals surface area contributed by atoms with Gasteiger partial charge in [0.25, 0.3) is 0 Å². The van der Waals surface area contributed by atoms with Gasteiger partial charge in [-0.15, -0.1) is 0 Å². The van der Waals surface area contributed by atoms with Gasteiger partial charge in [0.2, 0.25) is 11.8 Å². The molecule has 1 saturated carbocycles. The molecule has 5 heteroatoms. The van der Waals surface area contributed by atoms with Crippen LogP contribution in [0.2, 0.25) is 0 Å². The number of hydrogen-bond acceptors (Lipinski definition) is 3. The zero-order valence-electron chi connectivity index (χ0n) is 17.6. The Hall–Kier alpha value is -2.82. The van der Waals surface area contributed by atoms with Crippen LogP contribution < -0.4 is 0 Å². The Kier molecular flexibility index (Phi) is 6.36. The second-order valence-corrected chi connectivity index (χ2v) is 8.44. The van der Waals surface area contributed by atoms with Crippen LogP contribution in [0.1, 0.15) is 49.2 Å². The number of hydrogen-bond donors (Lipinski definition) is 0. The van der Waals surface area contributed by atoms with Gasteiger partial charge in [-0.2, -0.15) is 0 Å². The summed E-state index contributed by atoms with van der Waals surface area (Å²) >= 11 is 0. The van der Waals surface area contributed by atoms with Crippen molar-refractivity contribution in [3.05, 3.63) is 65.6 Å². The number of rotatable bonds is 7. The third-order valence-electron chi connectivity index (χ3n) is 6.16. The molecule has 1 aromatic carbocycles. The summed E-state index contributed by atoms with van der Waals surface area (Å²) < 4.78 is 5.82. The average molecular weight is 407 g/mol. The molecule has 158 valence electrons. The van der Waals surface area contributed by atoms with Gasteiger partial charge in [-0.05, 0) is 49.0 Å². The van der Waals surface area contributed by atoms with Gasteiger partial charge in [-0.3, -0.25) is 9.59 Å². The van der Waals surface area contributed by atoms with Gasteiger partial charge in [0.05, 0.1) is 0 Å². The van der Waals surface area contributed by atoms with Gasteiger partial charge in [-0.1, -0.05) is 37.3 Å². The lowest BCUT2D eigenvalue weighted by atomic mass is 10.1. The number of furan rings is 1. The molecule has 0 N–H and O–H groups in total. The van der Waals surface area contributed by atoms with Crippen molar-refractivity contribution in [3.63, 3.8) is 0 Å². The predicted octanol–water partition coefficient (Wildman–Crippen LogP) is 4.11. The van der Waals surface area contributed by atoms with Gasteiger partial charge in [-0.25, -0.2) is 0 Å². The lowest BCUT2D eigenvalue weighted by Crippen LogP contribution is -2.50. The molecule has 1 saturated heterocycles. The van der Waals surface area contributed by atoms with Crippen LogP contribution in [0, 0.1) is 5.92 Å². The summed E-state index contributed by atoms with van der Waals surface area (Å²) in [5.74, 6) is 3.15. The second kappa shape index (κ2) is 9.33. The van der Waals surface area contributed by atoms with Crippen LogP contribution in [0.15, 0.2) is 53.0 Å². The summed E-state index contributed by atoms with van der Waals surface area (Å²) in [5, 5.41) is 0. The van der Waals surface area contributed by atoms with Crippen molar-refractivity contribution in [2.24, 2.45) is 5.92 Å². The number of aryl methyl sites for hydroxylation is 1. The highest BCUT2D eigenvalue weighted by atomic mass is 16.3. The van der Waals surface area contributed by atoms with E-state index in [1.165, 1.54) is 12.0 Å². The molecule has 0 radical (unpaired) electrons. The maximum atomic E-state index is 12.5. The summed E-state index contributed by atoms with van der Waals surface area (Å²) in [6, 6.07) is 14.2. The average Bonchev–Trinajstić information content (AvgIpc) is 3.32. The molecule has 0 spiro atoms. The molecule has 0 bridgehead atoms. The fourth-order valence-electron chi connectivity index (χ4n) is 4.06. The summed E-state index contributed by atoms with van der Waals surface area (Å²) in [7, 11) is 0. The van der Waals surface area contributed by atoms with Gasteiger partial charge < -0.3 is 14.2 Å². The highest BCUT2D eigenvalue weighted by molar-refractivity contribution is 5.91. The number of amides is 2. The maximum absolute atomic E-state index is 12.5. The monoisotopic (exact) mass is 406 g/mol. The van der Waals surface area contributed by atoms with Crippen LogP contribution in [-0.2, 0) is 16.0 Å². The fourth-order valence-corrected chi connectivity index (χ4v) is 4.06. The molecule has 2 aliphatic rings. The minimum absolute atomic E-state index is 0.0242. The standard InChI is InChI=1S/C25H30N2O3/c1-19-18-22(19)23-12-10-21(30-23)11-13-25(29)27-16-14-26(15-17-27)24(28)9-5-8-20-6-3-2-4-7-20/h2-4,6-7,10-13,19,22H,5,8-9,14-18H2,1H3/b13-11+. The van der Waals surface area contributed by atoms with E-state index in [4.69, 9.17) is 4.42 Å². The molecule has 1 aromatic heterocycles. The van der Waals surface area contributed by atoms with Gasteiger partial charge in [0.15, 0.2) is 0 Å². The third-order valence-corrected chi connectivity index (χ3v) is 6.16. The van der Waals surface area contributed by atoms with E-state index in [0.717, 1.165) is 24.4 Å². The Labute approximate surface area is 178 Å². The molecule has 2 atom stereocenters. The van der Waals surface area contributed by atoms with Crippen LogP contribution >= 0.6 is 0 Å². The first-order chi connectivity index (χ1) is 14.6. The lowest BCUT2D eigenvalue weighted by Gasteiger charge is -2.34. The predicted molar refractivity (Wildman–Crippen MR) is 117 cm³/mol. The van der Waals surface area contributed by atoms with E-state index >= 15 is 0 Å². The Bertz CT molecular complexity index is 894. The molecule has 2 aromatic rings. The third kappa shape index (κ3) is 5.21. The molecule has 1 aliphatic heterocycles. The molecule has 5 nitrogen and oxygen atoms in total. The van der Waals surface area contributed by atoms with E-state index in [9.17, 15) is 9.59 Å². The van der Waals surface area contributed by atoms with Crippen LogP contribution in [0.5, 0.6) is 0 Å². The zero-order chi connectivity index (χ0) is 20.9. The van der Waals surface area contributed by atoms with Gasteiger partial charge in [0.1, 0.15) is 11.5 Å². The van der Waals surface area contributed by atoms with Crippen LogP contribution in [-0.4, -0.2) is 47.8 Å². The van der Waals surface area contributed by atoms with Crippen molar-refractivity contribution in [3.8, 4) is 0 Å². The Morgan fingerprint density at radius 2 is 1.73 bits per heavy atom. The number of carbonyl (C=O) groups is 2. The highest BCUT2D eigenvalue weighted by Crippen LogP contribution is 2.47. The molecule has 2 amide bonds. The molecule has 1 aliphatic carbocycles. The van der Waals surface area contributed by atoms with E-state index < -0.39 is 0 Å². The lowest BCUT2D eigenvalue weighted by molar-refractivity contribution is -0.137. The molecule has 4 rings (SSSR count). The molecular formula is C25H30N2O3. The molecule has 2 unspecified atom stereocenters. The summed E-state index contributed by atoms with van der Waals surface area (Å²) in [6.45, 7) is 4.59. The van der Waals surface area contributed by atoms with Gasteiger partial charge >= 0.3 is 0 Å². The first kappa shape index (κ1) is 20.5. The summed E-state index contributed by atoms with van der Waals surface area (Å²) in [4.78, 5) is 28.6. The molecule has 2 heterocycles. The fraction of sp³-hybridized carbons (Fsp3) is 0.440. The van der Waals surface area contributed by atoms with E-state index in [1.807, 2.05) is 35.2 Å². The van der Waals surface area contributed by atoms with Crippen molar-refractivity contribution >= 4 is 17.9 Å². The number of nitrogens with zero attached hydrogens (tertiary/aromatic N) is 2. The van der Waals surface area contributed by atoms with Crippen LogP contribution in [0.25, 0.3) is 6.08 Å². The quantitative estimate of drug-likeness (QED) is 0.650. The van der Waals surface area contributed by atoms with Crippen molar-refractivity contribution in [1.29, 1.82) is 0 Å². The summed E-state index contributed by atoms with van der Waals surface area (Å²) in [5.41, 5.74) is 1.27. The number of piperazine rings is 1. The molecular weight excluding hydrogens is 376 g/mol. The molecule has 2 fully saturated rings. The minimum Gasteiger partial charge on any atom is -0.461 e. The number of benzene rings is 1. The molecule has 30 heavy (non-hydrogen) atoms. The van der Waals surface area contributed by atoms with E-state index in [2.05, 4.69) is 19.1 Å². The zero-order valence-corrected chi connectivity index (χ0v) is 17.6. The normalized spacial score (nSPS) is 21.2. The van der Waals surface area contributed by atoms with E-state index in [1.54, 1.807) is 17.1 Å². The Balaban J connectivity index is 1.18. The number of carbonyl (C=O) groups excluding carboxylic acids is 2. The van der Waals surface area contributed by atoms with Crippen molar-refractivity contribution in [2.75, 3.05) is 26.2 Å². The van der Waals surface area contributed by atoms with E-state index in [-0.39, 0.29) is 11.8 Å². The summed E-state index contributed by atoms with van der Waals surface area (Å²) in [6.07, 6.45) is 6.85. The van der Waals surface area contributed by atoms with Crippen molar-refractivity contribution < 1.29 is 14.0 Å². The van der Waals surface area contributed by atoms with Crippen molar-refractivity contribution in [2.45, 2.75) is 38.5 Å². The Morgan fingerprint density at radius 3 is 2.43 bits per heavy atom. The minimum atomic E-state index is -0.0242. The second-order valence-electron chi connectivity index (χ2n) is 8.44. The SMILES string of the molecule is CC1CC1c1ccc(/C=C/C(=O)N2CCN(C(=O)CCCc3ccccc3)CC2)o1. The van der Waals surface area contributed by atoms with Crippen LogP contribution in [0.4, 0.5) is 0 Å². The van der Waals surface area contributed by atoms with E-state index in [0.29, 0.717) is 44.4 Å². The first-order valence-corrected chi connectivity index (χ1v) is 11.0. The first-order valence-electron chi connectivity index (χ1n) is 11.0. The smallest absolute Gasteiger partial charge is 0.246 e. The van der Waals surface area contributed by atoms with Crippen LogP contribution in [0.3, 0.4) is 0 Å². The largest absolute Gasteiger partial charge is 0.461 e. The topological polar surface area (TPSA) is 53.8 Å². The van der Waals surface area contributed by atoms with Gasteiger partial charge in [0, 0.05) is 44.6 Å². The Morgan fingerprint density at radius 1 is 1.03 bits per heavy atom. The maximum Gasteiger partial charge on any atom is 0.246 e.